The molecule has 0 heterocycles. The second-order valence-corrected chi connectivity index (χ2v) is 3.58. The first-order valence-corrected chi connectivity index (χ1v) is 4.88. The Hall–Kier alpha value is -1.46. The number of carboxylic acid groups (broad SMARTS) is 1. The van der Waals surface area contributed by atoms with Crippen molar-refractivity contribution in [3.63, 3.8) is 0 Å². The smallest absolute Gasteiger partial charge is 0.312 e. The first-order valence-electron chi connectivity index (χ1n) is 4.50. The molecule has 88 valence electrons. The minimum atomic E-state index is -1.11. The lowest BCUT2D eigenvalue weighted by molar-refractivity contribution is -0.138. The van der Waals surface area contributed by atoms with Gasteiger partial charge in [0.1, 0.15) is 11.5 Å². The third-order valence-corrected chi connectivity index (χ3v) is 2.51. The molecule has 16 heavy (non-hydrogen) atoms. The molecule has 1 atom stereocenters. The number of hydrogen-bond donors (Lipinski definition) is 3. The second-order valence-electron chi connectivity index (χ2n) is 3.17. The molecule has 0 aliphatic heterocycles. The van der Waals surface area contributed by atoms with Gasteiger partial charge in [-0.2, -0.15) is 0 Å². The molecule has 1 aromatic carbocycles. The lowest BCUT2D eigenvalue weighted by atomic mass is 9.98. The van der Waals surface area contributed by atoms with E-state index in [0.29, 0.717) is 0 Å². The molecular weight excluding hydrogens is 234 g/mol. The molecule has 4 N–H and O–H groups in total. The molecule has 0 aliphatic carbocycles. The summed E-state index contributed by atoms with van der Waals surface area (Å²) in [5.41, 5.74) is 5.51. The van der Waals surface area contributed by atoms with Gasteiger partial charge >= 0.3 is 5.97 Å². The van der Waals surface area contributed by atoms with Crippen LogP contribution in [0.15, 0.2) is 12.1 Å². The highest BCUT2D eigenvalue weighted by Gasteiger charge is 2.22. The first kappa shape index (κ1) is 12.6. The zero-order valence-corrected chi connectivity index (χ0v) is 9.36. The highest BCUT2D eigenvalue weighted by molar-refractivity contribution is 6.32. The predicted octanol–water partition coefficient (Wildman–Crippen LogP) is 1.18. The van der Waals surface area contributed by atoms with Crippen molar-refractivity contribution in [2.75, 3.05) is 13.7 Å². The minimum Gasteiger partial charge on any atom is -0.508 e. The number of halogens is 1. The van der Waals surface area contributed by atoms with Crippen molar-refractivity contribution in [3.05, 3.63) is 22.7 Å². The van der Waals surface area contributed by atoms with Crippen LogP contribution < -0.4 is 10.5 Å². The Bertz CT molecular complexity index is 408. The third kappa shape index (κ3) is 2.37. The van der Waals surface area contributed by atoms with E-state index in [1.54, 1.807) is 0 Å². The van der Waals surface area contributed by atoms with E-state index >= 15 is 0 Å². The number of carbonyl (C=O) groups is 1. The van der Waals surface area contributed by atoms with Crippen molar-refractivity contribution in [2.45, 2.75) is 5.92 Å². The van der Waals surface area contributed by atoms with Crippen molar-refractivity contribution < 1.29 is 19.7 Å². The summed E-state index contributed by atoms with van der Waals surface area (Å²) >= 11 is 5.84. The van der Waals surface area contributed by atoms with Crippen LogP contribution in [0.3, 0.4) is 0 Å². The summed E-state index contributed by atoms with van der Waals surface area (Å²) < 4.78 is 4.88. The molecule has 0 amide bonds. The first-order chi connectivity index (χ1) is 7.51. The summed E-state index contributed by atoms with van der Waals surface area (Å²) in [6, 6.07) is 2.62. The van der Waals surface area contributed by atoms with Crippen LogP contribution in [0.25, 0.3) is 0 Å². The Morgan fingerprint density at radius 3 is 2.69 bits per heavy atom. The van der Waals surface area contributed by atoms with Crippen molar-refractivity contribution >= 4 is 17.6 Å². The van der Waals surface area contributed by atoms with Crippen molar-refractivity contribution in [3.8, 4) is 11.5 Å². The van der Waals surface area contributed by atoms with Gasteiger partial charge in [0.15, 0.2) is 0 Å². The van der Waals surface area contributed by atoms with Gasteiger partial charge in [0.05, 0.1) is 18.1 Å². The quantitative estimate of drug-likeness (QED) is 0.741. The maximum atomic E-state index is 10.9. The van der Waals surface area contributed by atoms with Crippen LogP contribution in [-0.4, -0.2) is 29.8 Å². The van der Waals surface area contributed by atoms with E-state index in [9.17, 15) is 9.90 Å². The molecule has 0 aromatic heterocycles. The summed E-state index contributed by atoms with van der Waals surface area (Å²) in [4.78, 5) is 10.9. The van der Waals surface area contributed by atoms with Crippen molar-refractivity contribution in [1.82, 2.24) is 0 Å². The van der Waals surface area contributed by atoms with Gasteiger partial charge in [-0.15, -0.1) is 0 Å². The summed E-state index contributed by atoms with van der Waals surface area (Å²) in [6.45, 7) is -0.119. The fourth-order valence-corrected chi connectivity index (χ4v) is 1.60. The van der Waals surface area contributed by atoms with Crippen LogP contribution in [0.2, 0.25) is 5.02 Å². The summed E-state index contributed by atoms with van der Waals surface area (Å²) in [5.74, 6) is -2.01. The van der Waals surface area contributed by atoms with E-state index < -0.39 is 11.9 Å². The number of rotatable bonds is 4. The molecule has 1 rings (SSSR count). The zero-order valence-electron chi connectivity index (χ0n) is 8.61. The molecule has 6 heteroatoms. The average molecular weight is 246 g/mol. The van der Waals surface area contributed by atoms with Crippen LogP contribution in [0, 0.1) is 0 Å². The van der Waals surface area contributed by atoms with E-state index in [-0.39, 0.29) is 28.6 Å². The molecule has 0 fully saturated rings. The average Bonchev–Trinajstić information content (AvgIpc) is 2.23. The summed E-state index contributed by atoms with van der Waals surface area (Å²) in [7, 11) is 1.40. The molecule has 1 aromatic rings. The van der Waals surface area contributed by atoms with Gasteiger partial charge in [0, 0.05) is 18.2 Å². The summed E-state index contributed by atoms with van der Waals surface area (Å²) in [6.07, 6.45) is 0. The highest BCUT2D eigenvalue weighted by Crippen LogP contribution is 2.35. The van der Waals surface area contributed by atoms with Crippen LogP contribution in [0.1, 0.15) is 11.5 Å². The topological polar surface area (TPSA) is 92.8 Å². The van der Waals surface area contributed by atoms with Gasteiger partial charge in [-0.3, -0.25) is 4.79 Å². The predicted molar refractivity (Wildman–Crippen MR) is 59.1 cm³/mol. The van der Waals surface area contributed by atoms with Gasteiger partial charge in [-0.1, -0.05) is 11.6 Å². The molecule has 0 aliphatic rings. The number of hydrogen-bond acceptors (Lipinski definition) is 4. The van der Waals surface area contributed by atoms with E-state index in [0.717, 1.165) is 0 Å². The van der Waals surface area contributed by atoms with Gasteiger partial charge in [0.25, 0.3) is 0 Å². The monoisotopic (exact) mass is 245 g/mol. The summed E-state index contributed by atoms with van der Waals surface area (Å²) in [5, 5.41) is 18.8. The number of ether oxygens (including phenoxy) is 1. The maximum Gasteiger partial charge on any atom is 0.312 e. The van der Waals surface area contributed by atoms with E-state index in [1.807, 2.05) is 0 Å². The van der Waals surface area contributed by atoms with Gasteiger partial charge in [0.2, 0.25) is 0 Å². The highest BCUT2D eigenvalue weighted by atomic mass is 35.5. The largest absolute Gasteiger partial charge is 0.508 e. The Kier molecular flexibility index (Phi) is 3.98. The Labute approximate surface area is 97.4 Å². The molecule has 5 nitrogen and oxygen atoms in total. The lowest BCUT2D eigenvalue weighted by Gasteiger charge is -2.14. The van der Waals surface area contributed by atoms with Gasteiger partial charge in [-0.05, 0) is 6.07 Å². The molecule has 0 saturated heterocycles. The van der Waals surface area contributed by atoms with Gasteiger partial charge in [-0.25, -0.2) is 0 Å². The third-order valence-electron chi connectivity index (χ3n) is 2.21. The van der Waals surface area contributed by atoms with E-state index in [4.69, 9.17) is 27.2 Å². The molecule has 0 saturated carbocycles. The van der Waals surface area contributed by atoms with Crippen LogP contribution in [0.5, 0.6) is 11.5 Å². The minimum absolute atomic E-state index is 0.119. The van der Waals surface area contributed by atoms with E-state index in [2.05, 4.69) is 0 Å². The zero-order chi connectivity index (χ0) is 12.3. The number of aliphatic carboxylic acids is 1. The Morgan fingerprint density at radius 1 is 1.62 bits per heavy atom. The van der Waals surface area contributed by atoms with Crippen molar-refractivity contribution in [1.29, 1.82) is 0 Å². The lowest BCUT2D eigenvalue weighted by Crippen LogP contribution is -2.21. The maximum absolute atomic E-state index is 10.9. The molecule has 0 spiro atoms. The van der Waals surface area contributed by atoms with Gasteiger partial charge < -0.3 is 20.7 Å². The standard InChI is InChI=1S/C10H12ClNO4/c1-16-9-3-8(13)5(2-7(9)11)6(4-12)10(14)15/h2-3,6,13H,4,12H2,1H3,(H,14,15). The number of methoxy groups -OCH3 is 1. The number of phenolic OH excluding ortho intramolecular Hbond substituents is 1. The van der Waals surface area contributed by atoms with Crippen LogP contribution in [0.4, 0.5) is 0 Å². The fourth-order valence-electron chi connectivity index (χ4n) is 1.35. The normalized spacial score (nSPS) is 12.2. The van der Waals surface area contributed by atoms with Crippen LogP contribution >= 0.6 is 11.6 Å². The number of benzene rings is 1. The molecule has 0 bridgehead atoms. The SMILES string of the molecule is COc1cc(O)c(C(CN)C(=O)O)cc1Cl. The number of aromatic hydroxyl groups is 1. The fraction of sp³-hybridized carbons (Fsp3) is 0.300. The molecular formula is C10H12ClNO4. The van der Waals surface area contributed by atoms with E-state index in [1.165, 1.54) is 19.2 Å². The number of phenols is 1. The number of carboxylic acids is 1. The Morgan fingerprint density at radius 2 is 2.25 bits per heavy atom. The van der Waals surface area contributed by atoms with Crippen molar-refractivity contribution in [2.24, 2.45) is 5.73 Å². The number of nitrogens with two attached hydrogens (primary N) is 1. The molecule has 1 unspecified atom stereocenters. The molecule has 0 radical (unpaired) electrons. The second kappa shape index (κ2) is 5.05. The Balaban J connectivity index is 3.24. The van der Waals surface area contributed by atoms with Crippen LogP contribution in [-0.2, 0) is 4.79 Å².